The molecule has 1 amide bonds. The third-order valence-corrected chi connectivity index (χ3v) is 7.42. The predicted octanol–water partition coefficient (Wildman–Crippen LogP) is 6.10. The Hall–Kier alpha value is -2.83. The zero-order chi connectivity index (χ0) is 24.0. The molecular weight excluding hydrogens is 458 g/mol. The molecule has 5 nitrogen and oxygen atoms in total. The molecule has 0 aliphatic heterocycles. The van der Waals surface area contributed by atoms with Crippen molar-refractivity contribution >= 4 is 33.2 Å². The fraction of sp³-hybridized carbons (Fsp3) is 0.269. The number of unbranched alkanes of at least 4 members (excludes halogenated alkanes) is 1. The Bertz CT molecular complexity index is 1210. The van der Waals surface area contributed by atoms with Gasteiger partial charge in [-0.3, -0.25) is 4.79 Å². The Kier molecular flexibility index (Phi) is 8.16. The number of nitrogens with zero attached hydrogens (tertiary/aromatic N) is 1. The van der Waals surface area contributed by atoms with E-state index in [1.807, 2.05) is 38.1 Å². The van der Waals surface area contributed by atoms with Crippen molar-refractivity contribution in [2.75, 3.05) is 10.9 Å². The maximum Gasteiger partial charge on any atom is 0.278 e. The van der Waals surface area contributed by atoms with Crippen LogP contribution in [-0.4, -0.2) is 20.9 Å². The summed E-state index contributed by atoms with van der Waals surface area (Å²) in [5.41, 5.74) is 3.47. The van der Waals surface area contributed by atoms with Gasteiger partial charge in [0.1, 0.15) is 5.75 Å². The second-order valence-electron chi connectivity index (χ2n) is 7.92. The molecule has 0 saturated heterocycles. The number of amides is 1. The first kappa shape index (κ1) is 24.8. The van der Waals surface area contributed by atoms with Gasteiger partial charge in [0.2, 0.25) is 0 Å². The molecule has 0 N–H and O–H groups in total. The van der Waals surface area contributed by atoms with Crippen LogP contribution in [0.5, 0.6) is 5.75 Å². The highest BCUT2D eigenvalue weighted by Crippen LogP contribution is 2.26. The Morgan fingerprint density at radius 1 is 0.939 bits per heavy atom. The average Bonchev–Trinajstić information content (AvgIpc) is 2.79. The quantitative estimate of drug-likeness (QED) is 0.367. The number of rotatable bonds is 9. The third kappa shape index (κ3) is 6.15. The Morgan fingerprint density at radius 3 is 2.21 bits per heavy atom. The van der Waals surface area contributed by atoms with Crippen molar-refractivity contribution in [1.82, 2.24) is 0 Å². The van der Waals surface area contributed by atoms with Crippen molar-refractivity contribution in [3.05, 3.63) is 88.4 Å². The zero-order valence-corrected chi connectivity index (χ0v) is 20.6. The molecule has 0 radical (unpaired) electrons. The van der Waals surface area contributed by atoms with Crippen LogP contribution in [0.25, 0.3) is 0 Å². The van der Waals surface area contributed by atoms with E-state index in [1.54, 1.807) is 18.2 Å². The molecular formula is C26H28ClNO4S. The maximum absolute atomic E-state index is 13.5. The minimum atomic E-state index is -4.17. The molecule has 0 aliphatic carbocycles. The lowest BCUT2D eigenvalue weighted by Crippen LogP contribution is -2.40. The van der Waals surface area contributed by atoms with Gasteiger partial charge in [-0.25, -0.2) is 8.42 Å². The number of hydrogen-bond donors (Lipinski definition) is 0. The standard InChI is InChI=1S/C26H28ClNO4S/c1-4-5-6-21-8-12-23(13-9-21)28(33(30,31)25-15-10-22(27)11-16-25)26(29)18-32-24-14-7-19(2)20(3)17-24/h7-17H,4-6,18H2,1-3H3. The fourth-order valence-electron chi connectivity index (χ4n) is 3.32. The van der Waals surface area contributed by atoms with Crippen molar-refractivity contribution in [1.29, 1.82) is 0 Å². The number of halogens is 1. The summed E-state index contributed by atoms with van der Waals surface area (Å²) in [4.78, 5) is 13.2. The summed E-state index contributed by atoms with van der Waals surface area (Å²) in [6, 6.07) is 18.2. The number of aryl methyl sites for hydroxylation is 3. The van der Waals surface area contributed by atoms with Crippen molar-refractivity contribution in [3.8, 4) is 5.75 Å². The van der Waals surface area contributed by atoms with Crippen LogP contribution in [0.4, 0.5) is 5.69 Å². The highest BCUT2D eigenvalue weighted by molar-refractivity contribution is 7.93. The number of carbonyl (C=O) groups excluding carboxylic acids is 1. The summed E-state index contributed by atoms with van der Waals surface area (Å²) in [6.07, 6.45) is 2.99. The summed E-state index contributed by atoms with van der Waals surface area (Å²) in [7, 11) is -4.17. The van der Waals surface area contributed by atoms with Crippen LogP contribution in [0.1, 0.15) is 36.5 Å². The van der Waals surface area contributed by atoms with E-state index in [-0.39, 0.29) is 10.6 Å². The van der Waals surface area contributed by atoms with E-state index in [0.717, 1.165) is 40.3 Å². The number of anilines is 1. The Balaban J connectivity index is 1.92. The molecule has 3 rings (SSSR count). The number of sulfonamides is 1. The van der Waals surface area contributed by atoms with Gasteiger partial charge in [0.05, 0.1) is 10.6 Å². The highest BCUT2D eigenvalue weighted by Gasteiger charge is 2.31. The van der Waals surface area contributed by atoms with Crippen LogP contribution in [-0.2, 0) is 21.2 Å². The monoisotopic (exact) mass is 485 g/mol. The molecule has 3 aromatic rings. The normalized spacial score (nSPS) is 11.3. The van der Waals surface area contributed by atoms with Crippen LogP contribution >= 0.6 is 11.6 Å². The first-order valence-corrected chi connectivity index (χ1v) is 12.7. The van der Waals surface area contributed by atoms with Crippen molar-refractivity contribution in [3.63, 3.8) is 0 Å². The lowest BCUT2D eigenvalue weighted by Gasteiger charge is -2.23. The molecule has 174 valence electrons. The van der Waals surface area contributed by atoms with Crippen LogP contribution in [0.15, 0.2) is 71.6 Å². The Labute approximate surface area is 201 Å². The molecule has 0 atom stereocenters. The summed E-state index contributed by atoms with van der Waals surface area (Å²) in [5.74, 6) is -0.185. The number of hydrogen-bond acceptors (Lipinski definition) is 4. The minimum Gasteiger partial charge on any atom is -0.484 e. The maximum atomic E-state index is 13.5. The minimum absolute atomic E-state index is 0.0264. The van der Waals surface area contributed by atoms with Gasteiger partial charge in [-0.15, -0.1) is 0 Å². The van der Waals surface area contributed by atoms with Crippen LogP contribution in [0, 0.1) is 13.8 Å². The highest BCUT2D eigenvalue weighted by atomic mass is 35.5. The molecule has 0 aromatic heterocycles. The zero-order valence-electron chi connectivity index (χ0n) is 19.0. The largest absolute Gasteiger partial charge is 0.484 e. The second kappa shape index (κ2) is 10.9. The van der Waals surface area contributed by atoms with Gasteiger partial charge in [-0.05, 0) is 91.9 Å². The van der Waals surface area contributed by atoms with Crippen molar-refractivity contribution in [2.45, 2.75) is 44.9 Å². The molecule has 0 bridgehead atoms. The molecule has 33 heavy (non-hydrogen) atoms. The van der Waals surface area contributed by atoms with E-state index in [0.29, 0.717) is 10.8 Å². The number of ether oxygens (including phenoxy) is 1. The predicted molar refractivity (Wildman–Crippen MR) is 133 cm³/mol. The van der Waals surface area contributed by atoms with E-state index in [4.69, 9.17) is 16.3 Å². The van der Waals surface area contributed by atoms with Gasteiger partial charge < -0.3 is 4.74 Å². The molecule has 7 heteroatoms. The smallest absolute Gasteiger partial charge is 0.278 e. The van der Waals surface area contributed by atoms with E-state index in [1.165, 1.54) is 24.3 Å². The number of carbonyl (C=O) groups is 1. The average molecular weight is 486 g/mol. The second-order valence-corrected chi connectivity index (χ2v) is 10.1. The summed E-state index contributed by atoms with van der Waals surface area (Å²) < 4.78 is 33.4. The van der Waals surface area contributed by atoms with E-state index in [9.17, 15) is 13.2 Å². The van der Waals surface area contributed by atoms with Gasteiger partial charge >= 0.3 is 0 Å². The van der Waals surface area contributed by atoms with E-state index in [2.05, 4.69) is 6.92 Å². The van der Waals surface area contributed by atoms with Gasteiger partial charge in [-0.1, -0.05) is 43.1 Å². The molecule has 0 unspecified atom stereocenters. The molecule has 0 aliphatic rings. The van der Waals surface area contributed by atoms with E-state index < -0.39 is 22.5 Å². The first-order valence-electron chi connectivity index (χ1n) is 10.8. The molecule has 0 heterocycles. The fourth-order valence-corrected chi connectivity index (χ4v) is 4.85. The van der Waals surface area contributed by atoms with Crippen LogP contribution in [0.3, 0.4) is 0 Å². The van der Waals surface area contributed by atoms with Crippen LogP contribution < -0.4 is 9.04 Å². The summed E-state index contributed by atoms with van der Waals surface area (Å²) >= 11 is 5.93. The van der Waals surface area contributed by atoms with Crippen LogP contribution in [0.2, 0.25) is 5.02 Å². The van der Waals surface area contributed by atoms with E-state index >= 15 is 0 Å². The van der Waals surface area contributed by atoms with Gasteiger partial charge in [0.15, 0.2) is 6.61 Å². The van der Waals surface area contributed by atoms with Gasteiger partial charge in [-0.2, -0.15) is 4.31 Å². The summed E-state index contributed by atoms with van der Waals surface area (Å²) in [6.45, 7) is 5.62. The lowest BCUT2D eigenvalue weighted by molar-refractivity contribution is -0.119. The van der Waals surface area contributed by atoms with Crippen molar-refractivity contribution in [2.24, 2.45) is 0 Å². The third-order valence-electron chi connectivity index (χ3n) is 5.41. The molecule has 0 saturated carbocycles. The van der Waals surface area contributed by atoms with Gasteiger partial charge in [0.25, 0.3) is 15.9 Å². The van der Waals surface area contributed by atoms with Crippen molar-refractivity contribution < 1.29 is 17.9 Å². The first-order chi connectivity index (χ1) is 15.7. The Morgan fingerprint density at radius 2 is 1.61 bits per heavy atom. The lowest BCUT2D eigenvalue weighted by atomic mass is 10.1. The summed E-state index contributed by atoms with van der Waals surface area (Å²) in [5, 5.41) is 0.408. The van der Waals surface area contributed by atoms with Gasteiger partial charge in [0, 0.05) is 5.02 Å². The molecule has 0 spiro atoms. The molecule has 3 aromatic carbocycles. The SMILES string of the molecule is CCCCc1ccc(N(C(=O)COc2ccc(C)c(C)c2)S(=O)(=O)c2ccc(Cl)cc2)cc1. The molecule has 0 fully saturated rings. The topological polar surface area (TPSA) is 63.7 Å². The number of benzene rings is 3.